The minimum Gasteiger partial charge on any atom is -0.399 e. The number of nitrogens with zero attached hydrogens (tertiary/aromatic N) is 1. The minimum absolute atomic E-state index is 0.807. The van der Waals surface area contributed by atoms with Crippen molar-refractivity contribution in [3.8, 4) is 0 Å². The van der Waals surface area contributed by atoms with Crippen LogP contribution < -0.4 is 10.6 Å². The summed E-state index contributed by atoms with van der Waals surface area (Å²) >= 11 is 0. The summed E-state index contributed by atoms with van der Waals surface area (Å²) in [7, 11) is 2.06. The molecule has 0 spiro atoms. The summed E-state index contributed by atoms with van der Waals surface area (Å²) in [6, 6.07) is 14.8. The second-order valence-electron chi connectivity index (χ2n) is 4.68. The molecule has 2 aromatic carbocycles. The molecule has 0 amide bonds. The van der Waals surface area contributed by atoms with E-state index in [1.807, 2.05) is 12.1 Å². The quantitative estimate of drug-likeness (QED) is 0.824. The van der Waals surface area contributed by atoms with E-state index >= 15 is 0 Å². The third-order valence-corrected chi connectivity index (χ3v) is 3.20. The Labute approximate surface area is 109 Å². The second kappa shape index (κ2) is 5.13. The summed E-state index contributed by atoms with van der Waals surface area (Å²) in [4.78, 5) is 2.16. The van der Waals surface area contributed by atoms with Gasteiger partial charge in [-0.05, 0) is 54.8 Å². The van der Waals surface area contributed by atoms with Gasteiger partial charge in [0.05, 0.1) is 0 Å². The van der Waals surface area contributed by atoms with Gasteiger partial charge in [-0.1, -0.05) is 19.1 Å². The van der Waals surface area contributed by atoms with E-state index < -0.39 is 0 Å². The SMILES string of the molecule is CCc1ccc(N(C)c2cc(C)cc(N)c2)cc1. The molecule has 0 aliphatic carbocycles. The predicted octanol–water partition coefficient (Wildman–Crippen LogP) is 3.91. The summed E-state index contributed by atoms with van der Waals surface area (Å²) in [5.74, 6) is 0. The number of rotatable bonds is 3. The number of hydrogen-bond donors (Lipinski definition) is 1. The van der Waals surface area contributed by atoms with Crippen molar-refractivity contribution in [1.82, 2.24) is 0 Å². The van der Waals surface area contributed by atoms with Crippen LogP contribution in [0.1, 0.15) is 18.1 Å². The molecule has 2 heteroatoms. The first-order valence-electron chi connectivity index (χ1n) is 6.30. The van der Waals surface area contributed by atoms with Crippen molar-refractivity contribution in [1.29, 1.82) is 0 Å². The summed E-state index contributed by atoms with van der Waals surface area (Å²) in [6.07, 6.45) is 1.07. The molecular formula is C16H20N2. The van der Waals surface area contributed by atoms with Gasteiger partial charge in [0.25, 0.3) is 0 Å². The van der Waals surface area contributed by atoms with Gasteiger partial charge in [0.15, 0.2) is 0 Å². The van der Waals surface area contributed by atoms with Gasteiger partial charge in [-0.15, -0.1) is 0 Å². The van der Waals surface area contributed by atoms with Crippen LogP contribution >= 0.6 is 0 Å². The highest BCUT2D eigenvalue weighted by molar-refractivity contribution is 5.67. The van der Waals surface area contributed by atoms with E-state index in [1.165, 1.54) is 16.8 Å². The van der Waals surface area contributed by atoms with Crippen molar-refractivity contribution in [2.24, 2.45) is 0 Å². The molecule has 2 rings (SSSR count). The Hall–Kier alpha value is -1.96. The lowest BCUT2D eigenvalue weighted by atomic mass is 10.1. The molecule has 0 heterocycles. The molecule has 0 atom stereocenters. The first-order valence-corrected chi connectivity index (χ1v) is 6.30. The van der Waals surface area contributed by atoms with Crippen molar-refractivity contribution >= 4 is 17.1 Å². The van der Waals surface area contributed by atoms with Gasteiger partial charge in [-0.25, -0.2) is 0 Å². The molecule has 2 nitrogen and oxygen atoms in total. The molecule has 0 unspecified atom stereocenters. The Morgan fingerprint density at radius 1 is 1.00 bits per heavy atom. The van der Waals surface area contributed by atoms with Crippen LogP contribution in [0, 0.1) is 6.92 Å². The topological polar surface area (TPSA) is 29.3 Å². The van der Waals surface area contributed by atoms with Crippen LogP contribution in [0.15, 0.2) is 42.5 Å². The van der Waals surface area contributed by atoms with Crippen LogP contribution in [-0.2, 0) is 6.42 Å². The summed E-state index contributed by atoms with van der Waals surface area (Å²) < 4.78 is 0. The Balaban J connectivity index is 2.31. The zero-order valence-corrected chi connectivity index (χ0v) is 11.3. The molecule has 2 aromatic rings. The molecule has 2 N–H and O–H groups in total. The van der Waals surface area contributed by atoms with Crippen molar-refractivity contribution in [3.05, 3.63) is 53.6 Å². The van der Waals surface area contributed by atoms with Crippen LogP contribution in [0.4, 0.5) is 17.1 Å². The van der Waals surface area contributed by atoms with Gasteiger partial charge in [-0.3, -0.25) is 0 Å². The molecule has 0 bridgehead atoms. The first-order chi connectivity index (χ1) is 8.60. The van der Waals surface area contributed by atoms with Crippen molar-refractivity contribution in [3.63, 3.8) is 0 Å². The van der Waals surface area contributed by atoms with Gasteiger partial charge < -0.3 is 10.6 Å². The molecule has 0 radical (unpaired) electrons. The van der Waals surface area contributed by atoms with Crippen LogP contribution in [-0.4, -0.2) is 7.05 Å². The van der Waals surface area contributed by atoms with Crippen LogP contribution in [0.5, 0.6) is 0 Å². The third-order valence-electron chi connectivity index (χ3n) is 3.20. The van der Waals surface area contributed by atoms with Crippen molar-refractivity contribution < 1.29 is 0 Å². The van der Waals surface area contributed by atoms with Gasteiger partial charge in [0.1, 0.15) is 0 Å². The summed E-state index contributed by atoms with van der Waals surface area (Å²) in [5, 5.41) is 0. The Bertz CT molecular complexity index is 509. The van der Waals surface area contributed by atoms with Crippen LogP contribution in [0.3, 0.4) is 0 Å². The zero-order chi connectivity index (χ0) is 13.1. The molecule has 0 fully saturated rings. The monoisotopic (exact) mass is 240 g/mol. The van der Waals surface area contributed by atoms with E-state index in [0.29, 0.717) is 0 Å². The number of aryl methyl sites for hydroxylation is 2. The van der Waals surface area contributed by atoms with Gasteiger partial charge in [0, 0.05) is 24.1 Å². The predicted molar refractivity (Wildman–Crippen MR) is 79.5 cm³/mol. The molecule has 0 saturated heterocycles. The number of anilines is 3. The number of nitrogens with two attached hydrogens (primary N) is 1. The van der Waals surface area contributed by atoms with E-state index in [0.717, 1.165) is 17.8 Å². The zero-order valence-electron chi connectivity index (χ0n) is 11.3. The smallest absolute Gasteiger partial charge is 0.0431 e. The maximum Gasteiger partial charge on any atom is 0.0431 e. The van der Waals surface area contributed by atoms with E-state index in [4.69, 9.17) is 5.73 Å². The molecular weight excluding hydrogens is 220 g/mol. The molecule has 0 saturated carbocycles. The highest BCUT2D eigenvalue weighted by Crippen LogP contribution is 2.26. The highest BCUT2D eigenvalue weighted by Gasteiger charge is 2.05. The van der Waals surface area contributed by atoms with Crippen LogP contribution in [0.25, 0.3) is 0 Å². The third kappa shape index (κ3) is 2.65. The Morgan fingerprint density at radius 2 is 1.67 bits per heavy atom. The Morgan fingerprint density at radius 3 is 2.22 bits per heavy atom. The van der Waals surface area contributed by atoms with E-state index in [9.17, 15) is 0 Å². The average Bonchev–Trinajstić information content (AvgIpc) is 2.37. The van der Waals surface area contributed by atoms with Gasteiger partial charge in [-0.2, -0.15) is 0 Å². The Kier molecular flexibility index (Phi) is 3.56. The molecule has 0 aliphatic heterocycles. The standard InChI is InChI=1S/C16H20N2/c1-4-13-5-7-15(8-6-13)18(3)16-10-12(2)9-14(17)11-16/h5-11H,4,17H2,1-3H3. The summed E-state index contributed by atoms with van der Waals surface area (Å²) in [6.45, 7) is 4.23. The van der Waals surface area contributed by atoms with E-state index in [2.05, 4.69) is 56.1 Å². The van der Waals surface area contributed by atoms with Crippen LogP contribution in [0.2, 0.25) is 0 Å². The normalized spacial score (nSPS) is 10.4. The lowest BCUT2D eigenvalue weighted by Gasteiger charge is -2.20. The minimum atomic E-state index is 0.807. The van der Waals surface area contributed by atoms with E-state index in [-0.39, 0.29) is 0 Å². The number of hydrogen-bond acceptors (Lipinski definition) is 2. The fourth-order valence-corrected chi connectivity index (χ4v) is 2.09. The highest BCUT2D eigenvalue weighted by atomic mass is 15.1. The maximum absolute atomic E-state index is 5.89. The largest absolute Gasteiger partial charge is 0.399 e. The first kappa shape index (κ1) is 12.5. The summed E-state index contributed by atoms with van der Waals surface area (Å²) in [5.41, 5.74) is 11.5. The fourth-order valence-electron chi connectivity index (χ4n) is 2.09. The van der Waals surface area contributed by atoms with Crippen molar-refractivity contribution in [2.75, 3.05) is 17.7 Å². The lowest BCUT2D eigenvalue weighted by Crippen LogP contribution is -2.10. The second-order valence-corrected chi connectivity index (χ2v) is 4.68. The number of benzene rings is 2. The fraction of sp³-hybridized carbons (Fsp3) is 0.250. The molecule has 94 valence electrons. The molecule has 0 aliphatic rings. The maximum atomic E-state index is 5.89. The number of nitrogen functional groups attached to an aromatic ring is 1. The lowest BCUT2D eigenvalue weighted by molar-refractivity contribution is 1.13. The van der Waals surface area contributed by atoms with Gasteiger partial charge >= 0.3 is 0 Å². The van der Waals surface area contributed by atoms with Gasteiger partial charge in [0.2, 0.25) is 0 Å². The average molecular weight is 240 g/mol. The molecule has 0 aromatic heterocycles. The van der Waals surface area contributed by atoms with E-state index in [1.54, 1.807) is 0 Å². The van der Waals surface area contributed by atoms with Crippen molar-refractivity contribution in [2.45, 2.75) is 20.3 Å². The molecule has 18 heavy (non-hydrogen) atoms.